The van der Waals surface area contributed by atoms with Gasteiger partial charge < -0.3 is 9.64 Å². The van der Waals surface area contributed by atoms with E-state index >= 15 is 0 Å². The molecule has 0 amide bonds. The fraction of sp³-hybridized carbons (Fsp3) is 0.333. The van der Waals surface area contributed by atoms with Gasteiger partial charge in [-0.15, -0.1) is 0 Å². The number of benzene rings is 1. The van der Waals surface area contributed by atoms with Crippen LogP contribution in [0.3, 0.4) is 0 Å². The van der Waals surface area contributed by atoms with Gasteiger partial charge in [0.15, 0.2) is 0 Å². The number of hydrogen-bond donors (Lipinski definition) is 0. The summed E-state index contributed by atoms with van der Waals surface area (Å²) in [5, 5.41) is 9.01. The average Bonchev–Trinajstić information content (AvgIpc) is 2.42. The Morgan fingerprint density at radius 2 is 2.21 bits per heavy atom. The predicted octanol–water partition coefficient (Wildman–Crippen LogP) is 2.61. The van der Waals surface area contributed by atoms with Gasteiger partial charge in [0.25, 0.3) is 0 Å². The van der Waals surface area contributed by atoms with Gasteiger partial charge >= 0.3 is 5.97 Å². The number of carbonyl (C=O) groups excluding carboxylic acids is 1. The van der Waals surface area contributed by atoms with E-state index in [0.717, 1.165) is 17.7 Å². The molecule has 0 saturated heterocycles. The van der Waals surface area contributed by atoms with Crippen LogP contribution < -0.4 is 4.90 Å². The van der Waals surface area contributed by atoms with E-state index in [-0.39, 0.29) is 5.57 Å². The van der Waals surface area contributed by atoms with Crippen molar-refractivity contribution in [1.82, 2.24) is 0 Å². The minimum atomic E-state index is -0.570. The van der Waals surface area contributed by atoms with E-state index in [2.05, 4.69) is 0 Å². The fourth-order valence-corrected chi connectivity index (χ4v) is 1.47. The summed E-state index contributed by atoms with van der Waals surface area (Å²) < 4.78 is 4.95. The molecule has 0 N–H and O–H groups in total. The van der Waals surface area contributed by atoms with Crippen LogP contribution in [0.4, 0.5) is 5.69 Å². The van der Waals surface area contributed by atoms with Gasteiger partial charge in [0, 0.05) is 19.8 Å². The van der Waals surface area contributed by atoms with E-state index in [9.17, 15) is 4.79 Å². The molecular formula is C15H18N2O2. The molecule has 0 fully saturated rings. The van der Waals surface area contributed by atoms with E-state index < -0.39 is 5.97 Å². The van der Waals surface area contributed by atoms with Gasteiger partial charge in [-0.05, 0) is 30.2 Å². The Labute approximate surface area is 113 Å². The molecule has 0 aromatic heterocycles. The van der Waals surface area contributed by atoms with Crippen LogP contribution in [0, 0.1) is 11.3 Å². The molecule has 0 aliphatic carbocycles. The molecule has 19 heavy (non-hydrogen) atoms. The van der Waals surface area contributed by atoms with Crippen molar-refractivity contribution in [3.8, 4) is 6.07 Å². The number of anilines is 1. The van der Waals surface area contributed by atoms with Gasteiger partial charge in [-0.25, -0.2) is 4.79 Å². The third kappa shape index (κ3) is 4.47. The fourth-order valence-electron chi connectivity index (χ4n) is 1.47. The summed E-state index contributed by atoms with van der Waals surface area (Å²) in [6.07, 6.45) is 2.28. The Balaban J connectivity index is 2.95. The normalized spacial score (nSPS) is 10.7. The topological polar surface area (TPSA) is 53.3 Å². The van der Waals surface area contributed by atoms with Crippen LogP contribution >= 0.6 is 0 Å². The number of esters is 1. The van der Waals surface area contributed by atoms with Gasteiger partial charge in [-0.1, -0.05) is 19.1 Å². The SMILES string of the molecule is CCCOC(=O)C(C#N)=Cc1cccc(N(C)C)c1. The molecule has 4 heteroatoms. The zero-order valence-electron chi connectivity index (χ0n) is 11.5. The number of ether oxygens (including phenoxy) is 1. The van der Waals surface area contributed by atoms with Gasteiger partial charge in [0.2, 0.25) is 0 Å². The van der Waals surface area contributed by atoms with E-state index in [4.69, 9.17) is 10.00 Å². The van der Waals surface area contributed by atoms with Crippen LogP contribution in [0.15, 0.2) is 29.8 Å². The molecule has 1 rings (SSSR count). The second kappa shape index (κ2) is 7.22. The van der Waals surface area contributed by atoms with Crippen molar-refractivity contribution >= 4 is 17.7 Å². The summed E-state index contributed by atoms with van der Waals surface area (Å²) in [6.45, 7) is 2.24. The van der Waals surface area contributed by atoms with Crippen LogP contribution in [0.5, 0.6) is 0 Å². The standard InChI is InChI=1S/C15H18N2O2/c1-4-8-19-15(18)13(11-16)9-12-6-5-7-14(10-12)17(2)3/h5-7,9-10H,4,8H2,1-3H3. The van der Waals surface area contributed by atoms with Crippen LogP contribution in [0.1, 0.15) is 18.9 Å². The lowest BCUT2D eigenvalue weighted by molar-refractivity contribution is -0.138. The zero-order chi connectivity index (χ0) is 14.3. The zero-order valence-corrected chi connectivity index (χ0v) is 11.5. The second-order valence-electron chi connectivity index (χ2n) is 4.30. The third-order valence-corrected chi connectivity index (χ3v) is 2.48. The number of rotatable bonds is 5. The van der Waals surface area contributed by atoms with E-state index in [1.54, 1.807) is 6.08 Å². The quantitative estimate of drug-likeness (QED) is 0.463. The first kappa shape index (κ1) is 14.8. The first-order valence-corrected chi connectivity index (χ1v) is 6.14. The molecular weight excluding hydrogens is 240 g/mol. The van der Waals surface area contributed by atoms with Gasteiger partial charge in [0.05, 0.1) is 6.61 Å². The highest BCUT2D eigenvalue weighted by molar-refractivity contribution is 5.98. The molecule has 1 aromatic carbocycles. The minimum absolute atomic E-state index is 0.0179. The van der Waals surface area contributed by atoms with Crippen molar-refractivity contribution in [2.45, 2.75) is 13.3 Å². The maximum absolute atomic E-state index is 11.6. The van der Waals surface area contributed by atoms with Crippen molar-refractivity contribution in [3.63, 3.8) is 0 Å². The van der Waals surface area contributed by atoms with Crippen LogP contribution in [-0.4, -0.2) is 26.7 Å². The lowest BCUT2D eigenvalue weighted by atomic mass is 10.1. The highest BCUT2D eigenvalue weighted by Crippen LogP contribution is 2.16. The molecule has 1 aromatic rings. The number of carbonyl (C=O) groups is 1. The second-order valence-corrected chi connectivity index (χ2v) is 4.30. The van der Waals surface area contributed by atoms with E-state index in [1.807, 2.05) is 56.3 Å². The molecule has 0 heterocycles. The van der Waals surface area contributed by atoms with E-state index in [1.165, 1.54) is 0 Å². The highest BCUT2D eigenvalue weighted by atomic mass is 16.5. The predicted molar refractivity (Wildman–Crippen MR) is 75.6 cm³/mol. The van der Waals surface area contributed by atoms with E-state index in [0.29, 0.717) is 6.61 Å². The van der Waals surface area contributed by atoms with Gasteiger partial charge in [0.1, 0.15) is 11.6 Å². The van der Waals surface area contributed by atoms with Gasteiger partial charge in [-0.2, -0.15) is 5.26 Å². The molecule has 0 aliphatic rings. The third-order valence-electron chi connectivity index (χ3n) is 2.48. The smallest absolute Gasteiger partial charge is 0.348 e. The molecule has 0 aliphatic heterocycles. The number of hydrogen-bond acceptors (Lipinski definition) is 4. The summed E-state index contributed by atoms with van der Waals surface area (Å²) in [4.78, 5) is 13.6. The molecule has 4 nitrogen and oxygen atoms in total. The molecule has 0 radical (unpaired) electrons. The minimum Gasteiger partial charge on any atom is -0.462 e. The van der Waals surface area contributed by atoms with Crippen molar-refractivity contribution in [2.24, 2.45) is 0 Å². The maximum Gasteiger partial charge on any atom is 0.348 e. The van der Waals surface area contributed by atoms with Crippen molar-refractivity contribution in [3.05, 3.63) is 35.4 Å². The van der Waals surface area contributed by atoms with Gasteiger partial charge in [-0.3, -0.25) is 0 Å². The first-order valence-electron chi connectivity index (χ1n) is 6.14. The molecule has 0 saturated carbocycles. The van der Waals surface area contributed by atoms with Crippen molar-refractivity contribution in [1.29, 1.82) is 5.26 Å². The molecule has 0 atom stereocenters. The molecule has 0 spiro atoms. The van der Waals surface area contributed by atoms with Crippen LogP contribution in [0.25, 0.3) is 6.08 Å². The Bertz CT molecular complexity index is 513. The largest absolute Gasteiger partial charge is 0.462 e. The average molecular weight is 258 g/mol. The highest BCUT2D eigenvalue weighted by Gasteiger charge is 2.10. The number of nitrogens with zero attached hydrogens (tertiary/aromatic N) is 2. The van der Waals surface area contributed by atoms with Crippen molar-refractivity contribution < 1.29 is 9.53 Å². The maximum atomic E-state index is 11.6. The Kier molecular flexibility index (Phi) is 5.62. The lowest BCUT2D eigenvalue weighted by Crippen LogP contribution is -2.09. The van der Waals surface area contributed by atoms with Crippen LogP contribution in [0.2, 0.25) is 0 Å². The first-order chi connectivity index (χ1) is 9.08. The molecule has 100 valence electrons. The summed E-state index contributed by atoms with van der Waals surface area (Å²) >= 11 is 0. The summed E-state index contributed by atoms with van der Waals surface area (Å²) in [5.74, 6) is -0.570. The summed E-state index contributed by atoms with van der Waals surface area (Å²) in [6, 6.07) is 9.47. The lowest BCUT2D eigenvalue weighted by Gasteiger charge is -2.12. The summed E-state index contributed by atoms with van der Waals surface area (Å²) in [7, 11) is 3.87. The Morgan fingerprint density at radius 1 is 1.47 bits per heavy atom. The Hall–Kier alpha value is -2.28. The van der Waals surface area contributed by atoms with Crippen LogP contribution in [-0.2, 0) is 9.53 Å². The summed E-state index contributed by atoms with van der Waals surface area (Å²) in [5.41, 5.74) is 1.83. The monoisotopic (exact) mass is 258 g/mol. The molecule has 0 unspecified atom stereocenters. The van der Waals surface area contributed by atoms with Crippen molar-refractivity contribution in [2.75, 3.05) is 25.6 Å². The molecule has 0 bridgehead atoms. The Morgan fingerprint density at radius 3 is 2.79 bits per heavy atom. The number of nitriles is 1.